The Bertz CT molecular complexity index is 1190. The molecular formula is C22H19Cl2N3O2S. The zero-order valence-electron chi connectivity index (χ0n) is 16.4. The Morgan fingerprint density at radius 2 is 1.83 bits per heavy atom. The molecule has 1 atom stereocenters. The number of hydrogen-bond acceptors (Lipinski definition) is 4. The van der Waals surface area contributed by atoms with Crippen LogP contribution in [0.2, 0.25) is 10.0 Å². The van der Waals surface area contributed by atoms with Gasteiger partial charge in [-0.05, 0) is 61.4 Å². The molecule has 0 amide bonds. The zero-order chi connectivity index (χ0) is 21.3. The Morgan fingerprint density at radius 1 is 1.07 bits per heavy atom. The van der Waals surface area contributed by atoms with Crippen molar-refractivity contribution < 1.29 is 9.29 Å². The van der Waals surface area contributed by atoms with Gasteiger partial charge in [0.1, 0.15) is 12.4 Å². The molecule has 1 N–H and O–H groups in total. The first kappa shape index (κ1) is 21.0. The zero-order valence-corrected chi connectivity index (χ0v) is 18.7. The number of halogens is 2. The van der Waals surface area contributed by atoms with Gasteiger partial charge in [0.15, 0.2) is 5.75 Å². The molecule has 2 aromatic heterocycles. The molecule has 0 saturated heterocycles. The lowest BCUT2D eigenvalue weighted by molar-refractivity contribution is 0.303. The molecule has 4 aromatic rings. The molecule has 0 radical (unpaired) electrons. The summed E-state index contributed by atoms with van der Waals surface area (Å²) in [4.78, 5) is 12.0. The van der Waals surface area contributed by atoms with E-state index in [2.05, 4.69) is 15.0 Å². The van der Waals surface area contributed by atoms with Gasteiger partial charge in [-0.2, -0.15) is 4.98 Å². The highest BCUT2D eigenvalue weighted by Crippen LogP contribution is 2.26. The third kappa shape index (κ3) is 4.73. The molecule has 5 nitrogen and oxygen atoms in total. The number of aryl methyl sites for hydroxylation is 1. The lowest BCUT2D eigenvalue weighted by atomic mass is 10.2. The highest BCUT2D eigenvalue weighted by molar-refractivity contribution is 7.90. The van der Waals surface area contributed by atoms with Crippen LogP contribution in [0, 0.1) is 13.8 Å². The minimum absolute atomic E-state index is 0.241. The van der Waals surface area contributed by atoms with Gasteiger partial charge in [0.2, 0.25) is 0 Å². The summed E-state index contributed by atoms with van der Waals surface area (Å²) in [5.41, 5.74) is 5.19. The molecule has 4 rings (SSSR count). The molecular weight excluding hydrogens is 441 g/mol. The van der Waals surface area contributed by atoms with Crippen molar-refractivity contribution in [2.24, 2.45) is 0 Å². The molecule has 8 heteroatoms. The molecule has 0 spiro atoms. The second-order valence-electron chi connectivity index (χ2n) is 7.00. The molecule has 30 heavy (non-hydrogen) atoms. The molecule has 0 fully saturated rings. The fraction of sp³-hybridized carbons (Fsp3) is 0.182. The Labute approximate surface area is 187 Å². The summed E-state index contributed by atoms with van der Waals surface area (Å²) < 4.78 is 18.8. The van der Waals surface area contributed by atoms with Gasteiger partial charge in [-0.25, -0.2) is 0 Å². The molecule has 0 aliphatic heterocycles. The monoisotopic (exact) mass is 459 g/mol. The van der Waals surface area contributed by atoms with E-state index in [4.69, 9.17) is 27.9 Å². The van der Waals surface area contributed by atoms with Gasteiger partial charge in [0, 0.05) is 33.0 Å². The van der Waals surface area contributed by atoms with Gasteiger partial charge in [0.05, 0.1) is 16.7 Å². The van der Waals surface area contributed by atoms with Gasteiger partial charge in [-0.1, -0.05) is 29.3 Å². The van der Waals surface area contributed by atoms with E-state index in [1.807, 2.05) is 44.2 Å². The summed E-state index contributed by atoms with van der Waals surface area (Å²) in [5, 5.41) is 1.56. The van der Waals surface area contributed by atoms with Crippen molar-refractivity contribution in [3.05, 3.63) is 81.1 Å². The van der Waals surface area contributed by atoms with Crippen LogP contribution < -0.4 is 4.74 Å². The molecule has 0 saturated carbocycles. The van der Waals surface area contributed by atoms with Crippen LogP contribution in [0.1, 0.15) is 22.4 Å². The number of H-pyrrole nitrogens is 1. The van der Waals surface area contributed by atoms with E-state index in [1.54, 1.807) is 18.3 Å². The number of nitrogens with zero attached hydrogens (tertiary/aromatic N) is 2. The Hall–Kier alpha value is -2.25. The summed E-state index contributed by atoms with van der Waals surface area (Å²) in [6, 6.07) is 13.0. The number of nitrogens with one attached hydrogen (secondary N) is 1. The maximum absolute atomic E-state index is 12.9. The smallest absolute Gasteiger partial charge is 0.322 e. The number of imidazole rings is 1. The Balaban J connectivity index is 1.50. The lowest BCUT2D eigenvalue weighted by Crippen LogP contribution is -2.10. The summed E-state index contributed by atoms with van der Waals surface area (Å²) in [6.07, 6.45) is 1.65. The average molecular weight is 460 g/mol. The van der Waals surface area contributed by atoms with Crippen LogP contribution in [0.25, 0.3) is 11.0 Å². The third-order valence-electron chi connectivity index (χ3n) is 4.68. The summed E-state index contributed by atoms with van der Waals surface area (Å²) >= 11 is 10.7. The van der Waals surface area contributed by atoms with Crippen molar-refractivity contribution in [1.82, 2.24) is 15.0 Å². The van der Waals surface area contributed by atoms with Crippen molar-refractivity contribution in [2.75, 3.05) is 0 Å². The average Bonchev–Trinajstić information content (AvgIpc) is 3.11. The number of benzene rings is 2. The van der Waals surface area contributed by atoms with Gasteiger partial charge in [-0.15, -0.1) is 0 Å². The maximum Gasteiger partial charge on any atom is 0.322 e. The largest absolute Gasteiger partial charge is 0.609 e. The quantitative estimate of drug-likeness (QED) is 0.371. The summed E-state index contributed by atoms with van der Waals surface area (Å²) in [6.45, 7) is 4.22. The van der Waals surface area contributed by atoms with E-state index in [0.717, 1.165) is 27.7 Å². The third-order valence-corrected chi connectivity index (χ3v) is 6.27. The Morgan fingerprint density at radius 3 is 2.60 bits per heavy atom. The predicted molar refractivity (Wildman–Crippen MR) is 121 cm³/mol. The molecule has 2 aromatic carbocycles. The van der Waals surface area contributed by atoms with Crippen molar-refractivity contribution in [2.45, 2.75) is 31.4 Å². The first-order valence-corrected chi connectivity index (χ1v) is 11.3. The fourth-order valence-corrected chi connectivity index (χ4v) is 4.78. The van der Waals surface area contributed by atoms with Crippen molar-refractivity contribution in [3.8, 4) is 5.75 Å². The van der Waals surface area contributed by atoms with Crippen LogP contribution in [0.3, 0.4) is 0 Å². The molecule has 1 unspecified atom stereocenters. The van der Waals surface area contributed by atoms with Gasteiger partial charge < -0.3 is 9.29 Å². The highest BCUT2D eigenvalue weighted by atomic mass is 35.5. The molecule has 154 valence electrons. The summed E-state index contributed by atoms with van der Waals surface area (Å²) in [7, 11) is 0. The van der Waals surface area contributed by atoms with Crippen LogP contribution >= 0.6 is 23.2 Å². The first-order valence-electron chi connectivity index (χ1n) is 9.26. The molecule has 0 bridgehead atoms. The second kappa shape index (κ2) is 8.86. The second-order valence-corrected chi connectivity index (χ2v) is 9.24. The number of aromatic nitrogens is 3. The predicted octanol–water partition coefficient (Wildman–Crippen LogP) is 5.77. The van der Waals surface area contributed by atoms with Crippen LogP contribution in [0.15, 0.2) is 53.8 Å². The molecule has 2 heterocycles. The Kier molecular flexibility index (Phi) is 6.20. The van der Waals surface area contributed by atoms with E-state index in [9.17, 15) is 4.55 Å². The number of pyridine rings is 1. The van der Waals surface area contributed by atoms with Crippen molar-refractivity contribution in [3.63, 3.8) is 0 Å². The minimum atomic E-state index is -1.36. The normalized spacial score (nSPS) is 12.3. The van der Waals surface area contributed by atoms with Gasteiger partial charge in [0.25, 0.3) is 0 Å². The summed E-state index contributed by atoms with van der Waals surface area (Å²) in [5.74, 6) is 0.915. The van der Waals surface area contributed by atoms with Crippen LogP contribution in [-0.4, -0.2) is 19.5 Å². The number of fused-ring (bicyclic) bond motifs is 1. The highest BCUT2D eigenvalue weighted by Gasteiger charge is 2.20. The van der Waals surface area contributed by atoms with E-state index >= 15 is 0 Å². The van der Waals surface area contributed by atoms with E-state index in [1.165, 1.54) is 0 Å². The topological polar surface area (TPSA) is 73.9 Å². The number of hydrogen-bond donors (Lipinski definition) is 1. The van der Waals surface area contributed by atoms with Crippen LogP contribution in [-0.2, 0) is 23.5 Å². The van der Waals surface area contributed by atoms with Crippen LogP contribution in [0.4, 0.5) is 0 Å². The molecule has 0 aliphatic carbocycles. The molecule has 0 aliphatic rings. The van der Waals surface area contributed by atoms with Crippen LogP contribution in [0.5, 0.6) is 5.75 Å². The van der Waals surface area contributed by atoms with E-state index < -0.39 is 11.2 Å². The van der Waals surface area contributed by atoms with Crippen molar-refractivity contribution in [1.29, 1.82) is 0 Å². The van der Waals surface area contributed by atoms with Crippen molar-refractivity contribution >= 4 is 45.4 Å². The van der Waals surface area contributed by atoms with E-state index in [0.29, 0.717) is 33.3 Å². The van der Waals surface area contributed by atoms with Gasteiger partial charge in [-0.3, -0.25) is 9.97 Å². The first-order chi connectivity index (χ1) is 14.4. The van der Waals surface area contributed by atoms with Gasteiger partial charge >= 0.3 is 5.16 Å². The lowest BCUT2D eigenvalue weighted by Gasteiger charge is -2.13. The number of rotatable bonds is 6. The maximum atomic E-state index is 12.9. The van der Waals surface area contributed by atoms with E-state index in [-0.39, 0.29) is 5.75 Å². The minimum Gasteiger partial charge on any atom is -0.609 e. The fourth-order valence-electron chi connectivity index (χ4n) is 3.11. The number of aromatic amines is 1. The standard InChI is InChI=1S/C22H19Cl2N3O2S/c1-13-3-4-18-19(7-13)27-22(26-18)30(28)12-20-14(2)21(5-6-25-20)29-11-15-8-16(23)10-17(24)9-15/h3-10H,11-12H2,1-2H3,(H,26,27). The number of ether oxygens (including phenoxy) is 1. The SMILES string of the molecule is Cc1ccc2[nH]c([S+]([O-])Cc3nccc(OCc4cc(Cl)cc(Cl)c4)c3C)nc2c1.